The van der Waals surface area contributed by atoms with E-state index < -0.39 is 71.6 Å². The summed E-state index contributed by atoms with van der Waals surface area (Å²) in [6.07, 6.45) is 1.56. The van der Waals surface area contributed by atoms with Crippen LogP contribution in [-0.2, 0) is 44.7 Å². The molecular formula is C41H56N6O9. The summed E-state index contributed by atoms with van der Waals surface area (Å²) in [5.41, 5.74) is 0.520. The highest BCUT2D eigenvalue weighted by Crippen LogP contribution is 2.28. The molecule has 0 aliphatic carbocycles. The van der Waals surface area contributed by atoms with Gasteiger partial charge in [-0.05, 0) is 47.9 Å². The molecule has 2 aliphatic rings. The van der Waals surface area contributed by atoms with Gasteiger partial charge in [-0.25, -0.2) is 0 Å². The second-order valence-electron chi connectivity index (χ2n) is 15.5. The number of carbonyl (C=O) groups excluding carboxylic acids is 7. The van der Waals surface area contributed by atoms with Gasteiger partial charge in [0.2, 0.25) is 35.3 Å². The highest BCUT2D eigenvalue weighted by atomic mass is 16.5. The number of benzene rings is 2. The van der Waals surface area contributed by atoms with Crippen LogP contribution in [0.5, 0.6) is 5.75 Å². The molecule has 304 valence electrons. The first-order chi connectivity index (χ1) is 26.6. The molecule has 15 nitrogen and oxygen atoms in total. The average Bonchev–Trinajstić information content (AvgIpc) is 3.59. The van der Waals surface area contributed by atoms with Crippen LogP contribution in [0.15, 0.2) is 54.6 Å². The standard InChI is InChI=1S/C41H56N6O9/c1-7-14-30(35(50)38(52)42-24-33(49)44-34(39(53)46(5)6)27-16-9-8-10-17-27)43-37(51)31-23-29-25-47(31)40(54)36(41(2,3)4)45-32(48)22-26-15-13-18-28(21-26)55-19-11-12-20-56-29/h8-10,13,15-18,21,29-31,34,36H,7,11-12,14,19-20,22-25H2,1-6H3,(H,42,52)(H,43,51)(H,44,49)(H,45,48)/t29-,30?,31+,34+,36-/m1/s1. The molecule has 2 aromatic carbocycles. The third-order valence-electron chi connectivity index (χ3n) is 9.66. The Labute approximate surface area is 328 Å². The lowest BCUT2D eigenvalue weighted by Gasteiger charge is -2.35. The number of ketones is 1. The second-order valence-corrected chi connectivity index (χ2v) is 15.5. The number of ether oxygens (including phenoxy) is 2. The molecule has 56 heavy (non-hydrogen) atoms. The van der Waals surface area contributed by atoms with Crippen LogP contribution < -0.4 is 26.0 Å². The summed E-state index contributed by atoms with van der Waals surface area (Å²) in [6.45, 7) is 7.55. The maximum Gasteiger partial charge on any atom is 0.290 e. The minimum absolute atomic E-state index is 0.0130. The van der Waals surface area contributed by atoms with Gasteiger partial charge in [0, 0.05) is 33.7 Å². The number of carbonyl (C=O) groups is 7. The largest absolute Gasteiger partial charge is 0.494 e. The van der Waals surface area contributed by atoms with Gasteiger partial charge in [-0.1, -0.05) is 76.6 Å². The van der Waals surface area contributed by atoms with E-state index in [0.717, 1.165) is 5.56 Å². The topological polar surface area (TPSA) is 193 Å². The van der Waals surface area contributed by atoms with Crippen molar-refractivity contribution in [1.82, 2.24) is 31.1 Å². The molecule has 1 fully saturated rings. The van der Waals surface area contributed by atoms with Gasteiger partial charge < -0.3 is 40.5 Å². The number of likely N-dealkylation sites (N-methyl/N-ethyl adjacent to an activating group) is 1. The molecule has 0 aromatic heterocycles. The normalized spacial score (nSPS) is 20.3. The predicted octanol–water partition coefficient (Wildman–Crippen LogP) is 1.83. The van der Waals surface area contributed by atoms with Crippen molar-refractivity contribution in [1.29, 1.82) is 0 Å². The molecule has 2 aromatic rings. The van der Waals surface area contributed by atoms with Crippen LogP contribution >= 0.6 is 0 Å². The molecule has 5 atom stereocenters. The Morgan fingerprint density at radius 3 is 2.36 bits per heavy atom. The van der Waals surface area contributed by atoms with Crippen LogP contribution in [0.3, 0.4) is 0 Å². The Morgan fingerprint density at radius 2 is 1.68 bits per heavy atom. The Morgan fingerprint density at radius 1 is 0.964 bits per heavy atom. The van der Waals surface area contributed by atoms with Crippen molar-refractivity contribution < 1.29 is 43.0 Å². The lowest BCUT2D eigenvalue weighted by molar-refractivity contribution is -0.145. The minimum atomic E-state index is -1.25. The fourth-order valence-electron chi connectivity index (χ4n) is 6.65. The van der Waals surface area contributed by atoms with Crippen LogP contribution in [0.4, 0.5) is 0 Å². The molecule has 0 spiro atoms. The summed E-state index contributed by atoms with van der Waals surface area (Å²) in [4.78, 5) is 96.7. The summed E-state index contributed by atoms with van der Waals surface area (Å²) in [6, 6.07) is 11.5. The zero-order chi connectivity index (χ0) is 41.0. The van der Waals surface area contributed by atoms with Crippen LogP contribution in [-0.4, -0.2) is 116 Å². The molecule has 1 saturated heterocycles. The molecule has 0 saturated carbocycles. The van der Waals surface area contributed by atoms with Crippen molar-refractivity contribution in [3.05, 3.63) is 65.7 Å². The smallest absolute Gasteiger partial charge is 0.290 e. The van der Waals surface area contributed by atoms with E-state index in [1.165, 1.54) is 9.80 Å². The Hall–Kier alpha value is -5.31. The predicted molar refractivity (Wildman–Crippen MR) is 207 cm³/mol. The average molecular weight is 777 g/mol. The van der Waals surface area contributed by atoms with Crippen molar-refractivity contribution >= 4 is 41.2 Å². The van der Waals surface area contributed by atoms with E-state index in [2.05, 4.69) is 21.3 Å². The Bertz CT molecular complexity index is 1730. The lowest BCUT2D eigenvalue weighted by Crippen LogP contribution is -2.59. The van der Waals surface area contributed by atoms with Gasteiger partial charge in [-0.3, -0.25) is 33.6 Å². The van der Waals surface area contributed by atoms with Crippen LogP contribution in [0.2, 0.25) is 0 Å². The minimum Gasteiger partial charge on any atom is -0.494 e. The molecule has 15 heteroatoms. The van der Waals surface area contributed by atoms with Gasteiger partial charge in [-0.15, -0.1) is 0 Å². The third-order valence-corrected chi connectivity index (χ3v) is 9.66. The summed E-state index contributed by atoms with van der Waals surface area (Å²) >= 11 is 0. The van der Waals surface area contributed by atoms with Crippen LogP contribution in [0.1, 0.15) is 77.0 Å². The van der Waals surface area contributed by atoms with Gasteiger partial charge in [0.15, 0.2) is 0 Å². The molecule has 1 unspecified atom stereocenters. The van der Waals surface area contributed by atoms with E-state index in [1.54, 1.807) is 57.4 Å². The van der Waals surface area contributed by atoms with Gasteiger partial charge in [0.05, 0.1) is 31.7 Å². The van der Waals surface area contributed by atoms with E-state index in [9.17, 15) is 33.6 Å². The zero-order valence-corrected chi connectivity index (χ0v) is 33.2. The summed E-state index contributed by atoms with van der Waals surface area (Å²) in [5.74, 6) is -3.98. The number of Topliss-reactive ketones (excluding diaryl/α,β-unsaturated/α-hetero) is 1. The first-order valence-corrected chi connectivity index (χ1v) is 19.2. The third kappa shape index (κ3) is 12.1. The van der Waals surface area contributed by atoms with Crippen molar-refractivity contribution in [3.63, 3.8) is 0 Å². The molecular weight excluding hydrogens is 720 g/mol. The second kappa shape index (κ2) is 20.0. The number of nitrogens with one attached hydrogen (secondary N) is 4. The highest BCUT2D eigenvalue weighted by molar-refractivity contribution is 6.38. The number of nitrogens with zero attached hydrogens (tertiary/aromatic N) is 2. The van der Waals surface area contributed by atoms with Gasteiger partial charge in [0.25, 0.3) is 5.91 Å². The number of rotatable bonds is 11. The monoisotopic (exact) mass is 776 g/mol. The summed E-state index contributed by atoms with van der Waals surface area (Å²) < 4.78 is 12.0. The number of hydrogen-bond donors (Lipinski definition) is 4. The van der Waals surface area contributed by atoms with E-state index in [1.807, 2.05) is 39.0 Å². The molecule has 2 aliphatic heterocycles. The molecule has 0 radical (unpaired) electrons. The number of hydrogen-bond acceptors (Lipinski definition) is 9. The van der Waals surface area contributed by atoms with Crippen molar-refractivity contribution in [2.45, 2.75) is 96.5 Å². The first-order valence-electron chi connectivity index (χ1n) is 19.2. The first kappa shape index (κ1) is 43.4. The van der Waals surface area contributed by atoms with Crippen molar-refractivity contribution in [3.8, 4) is 5.75 Å². The maximum absolute atomic E-state index is 14.3. The fraction of sp³-hybridized carbons (Fsp3) is 0.537. The molecule has 6 amide bonds. The molecule has 4 rings (SSSR count). The zero-order valence-electron chi connectivity index (χ0n) is 33.2. The summed E-state index contributed by atoms with van der Waals surface area (Å²) in [7, 11) is 3.11. The van der Waals surface area contributed by atoms with Crippen molar-refractivity contribution in [2.24, 2.45) is 5.41 Å². The van der Waals surface area contributed by atoms with Crippen LogP contribution in [0, 0.1) is 5.41 Å². The fourth-order valence-corrected chi connectivity index (χ4v) is 6.65. The van der Waals surface area contributed by atoms with E-state index in [-0.39, 0.29) is 37.6 Å². The van der Waals surface area contributed by atoms with Gasteiger partial charge in [0.1, 0.15) is 23.9 Å². The van der Waals surface area contributed by atoms with Crippen molar-refractivity contribution in [2.75, 3.05) is 40.4 Å². The van der Waals surface area contributed by atoms with Crippen LogP contribution in [0.25, 0.3) is 0 Å². The van der Waals surface area contributed by atoms with E-state index >= 15 is 0 Å². The molecule has 2 heterocycles. The Kier molecular flexibility index (Phi) is 15.5. The summed E-state index contributed by atoms with van der Waals surface area (Å²) in [5, 5.41) is 10.5. The highest BCUT2D eigenvalue weighted by Gasteiger charge is 2.46. The SMILES string of the molecule is CCCC(NC(=O)[C@@H]1C[C@@H]2CN1C(=O)[C@H](C(C)(C)C)NC(=O)Cc1cccc(c1)OCCCCO2)C(=O)C(=O)NCC(=O)N[C@H](C(=O)N(C)C)c1ccccc1. The van der Waals surface area contributed by atoms with Gasteiger partial charge >= 0.3 is 0 Å². The number of fused-ring (bicyclic) bond motifs is 4. The maximum atomic E-state index is 14.3. The quantitative estimate of drug-likeness (QED) is 0.247. The van der Waals surface area contributed by atoms with E-state index in [4.69, 9.17) is 9.47 Å². The molecule has 4 N–H and O–H groups in total. The Balaban J connectivity index is 1.47. The molecule has 4 bridgehead atoms. The van der Waals surface area contributed by atoms with E-state index in [0.29, 0.717) is 43.8 Å². The number of amides is 6. The lowest BCUT2D eigenvalue weighted by atomic mass is 9.85. The van der Waals surface area contributed by atoms with Gasteiger partial charge in [-0.2, -0.15) is 0 Å².